The number of benzene rings is 1. The van der Waals surface area contributed by atoms with Gasteiger partial charge in [-0.25, -0.2) is 15.0 Å². The molecule has 0 fully saturated rings. The minimum Gasteiger partial charge on any atom is -0.481 e. The summed E-state index contributed by atoms with van der Waals surface area (Å²) in [6.07, 6.45) is -2.87. The SMILES string of the molecule is COc1cc(-c2ccc3nc(NCc4ccc(SN)cc4)nc(NCC(F)(F)F)c3n2)ccn1. The Hall–Kier alpha value is -3.64. The van der Waals surface area contributed by atoms with Gasteiger partial charge in [-0.1, -0.05) is 12.1 Å². The van der Waals surface area contributed by atoms with Crippen molar-refractivity contribution in [1.29, 1.82) is 0 Å². The molecule has 0 radical (unpaired) electrons. The summed E-state index contributed by atoms with van der Waals surface area (Å²) in [4.78, 5) is 18.2. The number of alkyl halides is 3. The normalized spacial score (nSPS) is 11.4. The zero-order valence-corrected chi connectivity index (χ0v) is 18.7. The van der Waals surface area contributed by atoms with Gasteiger partial charge in [-0.2, -0.15) is 18.2 Å². The van der Waals surface area contributed by atoms with Gasteiger partial charge in [0, 0.05) is 29.3 Å². The van der Waals surface area contributed by atoms with Crippen LogP contribution in [0.3, 0.4) is 0 Å². The molecule has 1 aromatic carbocycles. The van der Waals surface area contributed by atoms with Crippen LogP contribution in [0.5, 0.6) is 5.88 Å². The Kier molecular flexibility index (Phi) is 6.98. The summed E-state index contributed by atoms with van der Waals surface area (Å²) in [7, 11) is 1.49. The van der Waals surface area contributed by atoms with Crippen molar-refractivity contribution >= 4 is 34.7 Å². The molecule has 0 aliphatic rings. The zero-order chi connectivity index (χ0) is 24.1. The van der Waals surface area contributed by atoms with Crippen molar-refractivity contribution in [3.8, 4) is 17.1 Å². The van der Waals surface area contributed by atoms with Crippen LogP contribution in [0.15, 0.2) is 59.6 Å². The topological polar surface area (TPSA) is 111 Å². The van der Waals surface area contributed by atoms with E-state index in [2.05, 4.69) is 30.6 Å². The van der Waals surface area contributed by atoms with E-state index >= 15 is 0 Å². The van der Waals surface area contributed by atoms with E-state index in [-0.39, 0.29) is 17.3 Å². The van der Waals surface area contributed by atoms with E-state index in [0.717, 1.165) is 22.4 Å². The van der Waals surface area contributed by atoms with Gasteiger partial charge in [0.05, 0.1) is 18.3 Å². The number of fused-ring (bicyclic) bond motifs is 1. The van der Waals surface area contributed by atoms with Gasteiger partial charge in [0.25, 0.3) is 0 Å². The van der Waals surface area contributed by atoms with Crippen LogP contribution in [0.25, 0.3) is 22.3 Å². The highest BCUT2D eigenvalue weighted by molar-refractivity contribution is 7.97. The molecule has 3 aromatic heterocycles. The first-order valence-corrected chi connectivity index (χ1v) is 10.9. The molecule has 0 saturated carbocycles. The number of aromatic nitrogens is 4. The van der Waals surface area contributed by atoms with Crippen LogP contribution in [-0.2, 0) is 6.54 Å². The van der Waals surface area contributed by atoms with Gasteiger partial charge in [0.2, 0.25) is 11.8 Å². The van der Waals surface area contributed by atoms with E-state index in [0.29, 0.717) is 29.2 Å². The highest BCUT2D eigenvalue weighted by Gasteiger charge is 2.27. The van der Waals surface area contributed by atoms with Gasteiger partial charge in [0.1, 0.15) is 12.1 Å². The van der Waals surface area contributed by atoms with Crippen molar-refractivity contribution in [2.24, 2.45) is 5.14 Å². The van der Waals surface area contributed by atoms with Gasteiger partial charge < -0.3 is 15.4 Å². The molecule has 0 bridgehead atoms. The molecule has 0 spiro atoms. The molecule has 0 aliphatic heterocycles. The lowest BCUT2D eigenvalue weighted by Crippen LogP contribution is -2.22. The van der Waals surface area contributed by atoms with E-state index in [4.69, 9.17) is 9.88 Å². The first kappa shape index (κ1) is 23.5. The van der Waals surface area contributed by atoms with Crippen LogP contribution in [0, 0.1) is 0 Å². The lowest BCUT2D eigenvalue weighted by molar-refractivity contribution is -0.115. The number of anilines is 2. The molecule has 3 heterocycles. The first-order chi connectivity index (χ1) is 16.3. The van der Waals surface area contributed by atoms with Gasteiger partial charge in [0.15, 0.2) is 5.82 Å². The van der Waals surface area contributed by atoms with Crippen molar-refractivity contribution in [3.05, 3.63) is 60.3 Å². The van der Waals surface area contributed by atoms with Crippen LogP contribution in [0.2, 0.25) is 0 Å². The number of nitrogens with two attached hydrogens (primary N) is 1. The minimum absolute atomic E-state index is 0.0254. The molecule has 12 heteroatoms. The molecule has 0 unspecified atom stereocenters. The number of nitrogens with zero attached hydrogens (tertiary/aromatic N) is 4. The second-order valence-corrected chi connectivity index (χ2v) is 7.84. The standard InChI is InChI=1S/C22H20F3N7OS/c1-33-18-10-14(8-9-27-18)16-6-7-17-19(30-16)20(29-12-22(23,24)25)32-21(31-17)28-11-13-2-4-15(34-26)5-3-13/h2-10H,11-12,26H2,1H3,(H2,28,29,31,32). The number of halogens is 3. The number of hydrogen-bond acceptors (Lipinski definition) is 9. The molecule has 0 atom stereocenters. The summed E-state index contributed by atoms with van der Waals surface area (Å²) in [5.74, 6) is 0.542. The number of rotatable bonds is 8. The fourth-order valence-corrected chi connectivity index (χ4v) is 3.40. The minimum atomic E-state index is -4.43. The second kappa shape index (κ2) is 10.1. The second-order valence-electron chi connectivity index (χ2n) is 7.13. The van der Waals surface area contributed by atoms with Crippen LogP contribution >= 0.6 is 11.9 Å². The van der Waals surface area contributed by atoms with E-state index in [1.165, 1.54) is 7.11 Å². The summed E-state index contributed by atoms with van der Waals surface area (Å²) in [6.45, 7) is -0.881. The maximum Gasteiger partial charge on any atom is 0.405 e. The predicted molar refractivity (Wildman–Crippen MR) is 125 cm³/mol. The van der Waals surface area contributed by atoms with E-state index in [9.17, 15) is 13.2 Å². The van der Waals surface area contributed by atoms with Crippen molar-refractivity contribution < 1.29 is 17.9 Å². The Bertz CT molecular complexity index is 1290. The van der Waals surface area contributed by atoms with Crippen molar-refractivity contribution in [2.75, 3.05) is 24.3 Å². The fraction of sp³-hybridized carbons (Fsp3) is 0.182. The highest BCUT2D eigenvalue weighted by Crippen LogP contribution is 2.27. The van der Waals surface area contributed by atoms with Gasteiger partial charge in [-0.3, -0.25) is 5.14 Å². The molecule has 34 heavy (non-hydrogen) atoms. The quantitative estimate of drug-likeness (QED) is 0.306. The zero-order valence-electron chi connectivity index (χ0n) is 17.9. The number of ether oxygens (including phenoxy) is 1. The van der Waals surface area contributed by atoms with Gasteiger partial charge >= 0.3 is 6.18 Å². The first-order valence-electron chi connectivity index (χ1n) is 10.0. The molecule has 4 N–H and O–H groups in total. The van der Waals surface area contributed by atoms with E-state index in [1.54, 1.807) is 30.5 Å². The molecule has 0 amide bonds. The fourth-order valence-electron chi connectivity index (χ4n) is 3.11. The Balaban J connectivity index is 1.67. The van der Waals surface area contributed by atoms with Crippen LogP contribution < -0.4 is 20.5 Å². The summed E-state index contributed by atoms with van der Waals surface area (Å²) in [5.41, 5.74) is 2.75. The van der Waals surface area contributed by atoms with Crippen LogP contribution in [-0.4, -0.2) is 39.8 Å². The summed E-state index contributed by atoms with van der Waals surface area (Å²) < 4.78 is 43.9. The maximum absolute atomic E-state index is 12.9. The average molecular weight is 488 g/mol. The number of pyridine rings is 2. The summed E-state index contributed by atoms with van der Waals surface area (Å²) in [6, 6.07) is 14.4. The molecule has 4 aromatic rings. The maximum atomic E-state index is 12.9. The van der Waals surface area contributed by atoms with Crippen LogP contribution in [0.1, 0.15) is 5.56 Å². The van der Waals surface area contributed by atoms with Crippen molar-refractivity contribution in [3.63, 3.8) is 0 Å². The molecule has 8 nitrogen and oxygen atoms in total. The van der Waals surface area contributed by atoms with Crippen LogP contribution in [0.4, 0.5) is 24.9 Å². The third-order valence-electron chi connectivity index (χ3n) is 4.75. The predicted octanol–water partition coefficient (Wildman–Crippen LogP) is 4.65. The number of hydrogen-bond donors (Lipinski definition) is 3. The summed E-state index contributed by atoms with van der Waals surface area (Å²) >= 11 is 1.14. The third kappa shape index (κ3) is 5.83. The van der Waals surface area contributed by atoms with Gasteiger partial charge in [-0.15, -0.1) is 0 Å². The third-order valence-corrected chi connectivity index (χ3v) is 5.29. The average Bonchev–Trinajstić information content (AvgIpc) is 2.85. The van der Waals surface area contributed by atoms with E-state index in [1.807, 2.05) is 24.3 Å². The molecular formula is C22H20F3N7OS. The molecular weight excluding hydrogens is 467 g/mol. The van der Waals surface area contributed by atoms with Crippen molar-refractivity contribution in [1.82, 2.24) is 19.9 Å². The molecule has 0 aliphatic carbocycles. The summed E-state index contributed by atoms with van der Waals surface area (Å²) in [5, 5.41) is 10.9. The largest absolute Gasteiger partial charge is 0.481 e. The van der Waals surface area contributed by atoms with Gasteiger partial charge in [-0.05, 0) is 47.8 Å². The number of methoxy groups -OCH3 is 1. The smallest absolute Gasteiger partial charge is 0.405 e. The Morgan fingerprint density at radius 3 is 2.50 bits per heavy atom. The lowest BCUT2D eigenvalue weighted by atomic mass is 10.1. The van der Waals surface area contributed by atoms with Crippen molar-refractivity contribution in [2.45, 2.75) is 17.6 Å². The monoisotopic (exact) mass is 487 g/mol. The number of nitrogens with one attached hydrogen (secondary N) is 2. The Morgan fingerprint density at radius 1 is 1.00 bits per heavy atom. The lowest BCUT2D eigenvalue weighted by Gasteiger charge is -2.14. The molecule has 0 saturated heterocycles. The molecule has 176 valence electrons. The Morgan fingerprint density at radius 2 is 1.79 bits per heavy atom. The Labute approximate surface area is 197 Å². The molecule has 4 rings (SSSR count). The van der Waals surface area contributed by atoms with E-state index < -0.39 is 12.7 Å². The highest BCUT2D eigenvalue weighted by atomic mass is 32.2.